The van der Waals surface area contributed by atoms with Crippen LogP contribution in [-0.2, 0) is 5.41 Å². The van der Waals surface area contributed by atoms with Gasteiger partial charge in [-0.2, -0.15) is 0 Å². The summed E-state index contributed by atoms with van der Waals surface area (Å²) in [6.07, 6.45) is 1.06. The molecule has 0 saturated heterocycles. The highest BCUT2D eigenvalue weighted by Gasteiger charge is 2.12. The average molecular weight is 248 g/mol. The summed E-state index contributed by atoms with van der Waals surface area (Å²) in [5.74, 6) is 0.657. The van der Waals surface area contributed by atoms with E-state index < -0.39 is 0 Å². The Balaban J connectivity index is 2.49. The zero-order valence-electron chi connectivity index (χ0n) is 12.5. The topological polar surface area (TPSA) is 38.0 Å². The summed E-state index contributed by atoms with van der Waals surface area (Å²) in [4.78, 5) is 0. The first kappa shape index (κ1) is 15.0. The Kier molecular flexibility index (Phi) is 5.21. The number of nitrogens with one attached hydrogen (secondary N) is 1. The number of anilines is 1. The quantitative estimate of drug-likeness (QED) is 0.832. The van der Waals surface area contributed by atoms with Gasteiger partial charge in [0.15, 0.2) is 0 Å². The number of hydrogen-bond acceptors (Lipinski definition) is 2. The predicted octanol–water partition coefficient (Wildman–Crippen LogP) is 3.77. The highest BCUT2D eigenvalue weighted by atomic mass is 14.9. The van der Waals surface area contributed by atoms with Crippen molar-refractivity contribution in [2.24, 2.45) is 11.7 Å². The van der Waals surface area contributed by atoms with E-state index in [1.807, 2.05) is 0 Å². The van der Waals surface area contributed by atoms with Gasteiger partial charge in [-0.1, -0.05) is 46.8 Å². The van der Waals surface area contributed by atoms with Gasteiger partial charge in [-0.3, -0.25) is 0 Å². The Morgan fingerprint density at radius 1 is 1.11 bits per heavy atom. The predicted molar refractivity (Wildman–Crippen MR) is 81.1 cm³/mol. The fourth-order valence-electron chi connectivity index (χ4n) is 2.03. The standard InChI is InChI=1S/C16H28N2/c1-12(2)10-14(17)11-18-15-8-6-13(7-9-15)16(3,4)5/h6-9,12,14,18H,10-11,17H2,1-5H3. The Morgan fingerprint density at radius 2 is 1.67 bits per heavy atom. The largest absolute Gasteiger partial charge is 0.383 e. The van der Waals surface area contributed by atoms with E-state index in [9.17, 15) is 0 Å². The molecule has 0 bridgehead atoms. The summed E-state index contributed by atoms with van der Waals surface area (Å²) >= 11 is 0. The van der Waals surface area contributed by atoms with E-state index in [1.54, 1.807) is 0 Å². The molecular weight excluding hydrogens is 220 g/mol. The van der Waals surface area contributed by atoms with Gasteiger partial charge in [-0.15, -0.1) is 0 Å². The van der Waals surface area contributed by atoms with Crippen LogP contribution in [0.4, 0.5) is 5.69 Å². The van der Waals surface area contributed by atoms with Gasteiger partial charge in [0.1, 0.15) is 0 Å². The van der Waals surface area contributed by atoms with Gasteiger partial charge >= 0.3 is 0 Å². The summed E-state index contributed by atoms with van der Waals surface area (Å²) in [7, 11) is 0. The lowest BCUT2D eigenvalue weighted by Crippen LogP contribution is -2.30. The molecule has 1 aromatic carbocycles. The van der Waals surface area contributed by atoms with Crippen LogP contribution < -0.4 is 11.1 Å². The van der Waals surface area contributed by atoms with Crippen LogP contribution >= 0.6 is 0 Å². The van der Waals surface area contributed by atoms with Crippen molar-refractivity contribution < 1.29 is 0 Å². The molecule has 18 heavy (non-hydrogen) atoms. The van der Waals surface area contributed by atoms with Crippen molar-refractivity contribution in [2.45, 2.75) is 52.5 Å². The molecule has 1 atom stereocenters. The lowest BCUT2D eigenvalue weighted by atomic mass is 9.87. The summed E-state index contributed by atoms with van der Waals surface area (Å²) in [6, 6.07) is 8.89. The molecule has 0 aliphatic carbocycles. The first-order valence-corrected chi connectivity index (χ1v) is 6.89. The third-order valence-corrected chi connectivity index (χ3v) is 3.09. The minimum atomic E-state index is 0.215. The van der Waals surface area contributed by atoms with Crippen LogP contribution in [0, 0.1) is 5.92 Å². The van der Waals surface area contributed by atoms with Gasteiger partial charge in [0, 0.05) is 18.3 Å². The van der Waals surface area contributed by atoms with Crippen molar-refractivity contribution in [3.8, 4) is 0 Å². The Bertz CT molecular complexity index is 346. The molecular formula is C16H28N2. The third kappa shape index (κ3) is 5.09. The highest BCUT2D eigenvalue weighted by molar-refractivity contribution is 5.45. The minimum Gasteiger partial charge on any atom is -0.383 e. The summed E-state index contributed by atoms with van der Waals surface area (Å²) in [5.41, 5.74) is 8.79. The number of benzene rings is 1. The molecule has 2 heteroatoms. The van der Waals surface area contributed by atoms with Crippen molar-refractivity contribution in [2.75, 3.05) is 11.9 Å². The maximum Gasteiger partial charge on any atom is 0.0340 e. The molecule has 0 spiro atoms. The van der Waals surface area contributed by atoms with Crippen LogP contribution in [0.3, 0.4) is 0 Å². The zero-order chi connectivity index (χ0) is 13.8. The van der Waals surface area contributed by atoms with Crippen LogP contribution in [-0.4, -0.2) is 12.6 Å². The van der Waals surface area contributed by atoms with Crippen LogP contribution in [0.15, 0.2) is 24.3 Å². The van der Waals surface area contributed by atoms with E-state index >= 15 is 0 Å². The maximum absolute atomic E-state index is 6.06. The highest BCUT2D eigenvalue weighted by Crippen LogP contribution is 2.23. The summed E-state index contributed by atoms with van der Waals surface area (Å²) < 4.78 is 0. The Labute approximate surface area is 112 Å². The van der Waals surface area contributed by atoms with Gasteiger partial charge in [0.2, 0.25) is 0 Å². The van der Waals surface area contributed by atoms with Crippen molar-refractivity contribution in [3.63, 3.8) is 0 Å². The van der Waals surface area contributed by atoms with Gasteiger partial charge < -0.3 is 11.1 Å². The number of nitrogens with two attached hydrogens (primary N) is 1. The Hall–Kier alpha value is -1.02. The second kappa shape index (κ2) is 6.24. The SMILES string of the molecule is CC(C)CC(N)CNc1ccc(C(C)(C)C)cc1. The van der Waals surface area contributed by atoms with E-state index in [-0.39, 0.29) is 11.5 Å². The van der Waals surface area contributed by atoms with Crippen molar-refractivity contribution in [1.82, 2.24) is 0 Å². The monoisotopic (exact) mass is 248 g/mol. The van der Waals surface area contributed by atoms with E-state index in [1.165, 1.54) is 5.56 Å². The number of rotatable bonds is 5. The molecule has 0 aliphatic rings. The fourth-order valence-corrected chi connectivity index (χ4v) is 2.03. The molecule has 0 radical (unpaired) electrons. The molecule has 0 amide bonds. The molecule has 102 valence electrons. The molecule has 3 N–H and O–H groups in total. The van der Waals surface area contributed by atoms with Crippen molar-refractivity contribution >= 4 is 5.69 Å². The van der Waals surface area contributed by atoms with Gasteiger partial charge in [0.05, 0.1) is 0 Å². The Morgan fingerprint density at radius 3 is 2.11 bits per heavy atom. The van der Waals surface area contributed by atoms with E-state index in [0.717, 1.165) is 18.7 Å². The van der Waals surface area contributed by atoms with Gasteiger partial charge in [-0.25, -0.2) is 0 Å². The molecule has 0 aromatic heterocycles. The molecule has 1 rings (SSSR count). The smallest absolute Gasteiger partial charge is 0.0340 e. The van der Waals surface area contributed by atoms with E-state index in [0.29, 0.717) is 5.92 Å². The molecule has 0 heterocycles. The van der Waals surface area contributed by atoms with Crippen LogP contribution in [0.25, 0.3) is 0 Å². The fraction of sp³-hybridized carbons (Fsp3) is 0.625. The van der Waals surface area contributed by atoms with E-state index in [4.69, 9.17) is 5.73 Å². The lowest BCUT2D eigenvalue weighted by Gasteiger charge is -2.20. The molecule has 2 nitrogen and oxygen atoms in total. The van der Waals surface area contributed by atoms with Crippen molar-refractivity contribution in [3.05, 3.63) is 29.8 Å². The van der Waals surface area contributed by atoms with Gasteiger partial charge in [0.25, 0.3) is 0 Å². The summed E-state index contributed by atoms with van der Waals surface area (Å²) in [5, 5.41) is 3.40. The maximum atomic E-state index is 6.06. The molecule has 1 aromatic rings. The molecule has 0 fully saturated rings. The van der Waals surface area contributed by atoms with Crippen molar-refractivity contribution in [1.29, 1.82) is 0 Å². The average Bonchev–Trinajstić information content (AvgIpc) is 2.25. The normalized spacial score (nSPS) is 13.7. The minimum absolute atomic E-state index is 0.215. The lowest BCUT2D eigenvalue weighted by molar-refractivity contribution is 0.508. The molecule has 1 unspecified atom stereocenters. The van der Waals surface area contributed by atoms with Gasteiger partial charge in [-0.05, 0) is 35.4 Å². The second-order valence-corrected chi connectivity index (χ2v) is 6.60. The summed E-state index contributed by atoms with van der Waals surface area (Å²) in [6.45, 7) is 11.9. The van der Waals surface area contributed by atoms with Crippen LogP contribution in [0.2, 0.25) is 0 Å². The first-order valence-electron chi connectivity index (χ1n) is 6.89. The van der Waals surface area contributed by atoms with Crippen LogP contribution in [0.1, 0.15) is 46.6 Å². The third-order valence-electron chi connectivity index (χ3n) is 3.09. The zero-order valence-corrected chi connectivity index (χ0v) is 12.5. The number of hydrogen-bond donors (Lipinski definition) is 2. The van der Waals surface area contributed by atoms with E-state index in [2.05, 4.69) is 64.2 Å². The molecule has 0 saturated carbocycles. The van der Waals surface area contributed by atoms with Crippen LogP contribution in [0.5, 0.6) is 0 Å². The molecule has 0 aliphatic heterocycles. The second-order valence-electron chi connectivity index (χ2n) is 6.60. The first-order chi connectivity index (χ1) is 8.29.